The number of nitrogens with one attached hydrogen (secondary N) is 1. The normalized spacial score (nSPS) is 18.2. The van der Waals surface area contributed by atoms with Crippen LogP contribution in [0.4, 0.5) is 4.79 Å². The van der Waals surface area contributed by atoms with Crippen molar-refractivity contribution in [2.75, 3.05) is 32.2 Å². The summed E-state index contributed by atoms with van der Waals surface area (Å²) in [5.74, 6) is 0.685. The second-order valence-electron chi connectivity index (χ2n) is 2.56. The third-order valence-corrected chi connectivity index (χ3v) is 2.50. The minimum absolute atomic E-state index is 0.165. The van der Waals surface area contributed by atoms with E-state index in [0.717, 1.165) is 26.3 Å². The van der Waals surface area contributed by atoms with Gasteiger partial charge in [-0.15, -0.1) is 0 Å². The van der Waals surface area contributed by atoms with Gasteiger partial charge in [0.2, 0.25) is 0 Å². The highest BCUT2D eigenvalue weighted by Crippen LogP contribution is 2.06. The van der Waals surface area contributed by atoms with Gasteiger partial charge in [0.1, 0.15) is 0 Å². The molecule has 1 amide bonds. The van der Waals surface area contributed by atoms with E-state index in [2.05, 4.69) is 22.1 Å². The Kier molecular flexibility index (Phi) is 4.81. The van der Waals surface area contributed by atoms with Crippen molar-refractivity contribution < 1.29 is 9.53 Å². The van der Waals surface area contributed by atoms with E-state index < -0.39 is 0 Å². The number of hydrogen-bond donors (Lipinski definition) is 1. The lowest BCUT2D eigenvalue weighted by Crippen LogP contribution is -2.36. The van der Waals surface area contributed by atoms with E-state index in [1.54, 1.807) is 0 Å². The van der Waals surface area contributed by atoms with Crippen molar-refractivity contribution in [1.82, 2.24) is 10.3 Å². The molecule has 5 nitrogen and oxygen atoms in total. The fraction of sp³-hybridized carbons (Fsp3) is 0.714. The van der Waals surface area contributed by atoms with Crippen molar-refractivity contribution >= 4 is 23.7 Å². The molecule has 1 fully saturated rings. The van der Waals surface area contributed by atoms with E-state index in [-0.39, 0.29) is 5.24 Å². The number of carbonyl (C=O) groups excluding carboxylic acids is 1. The maximum Gasteiger partial charge on any atom is 0.300 e. The number of amides is 1. The molecule has 0 aromatic carbocycles. The molecule has 0 bridgehead atoms. The van der Waals surface area contributed by atoms with Gasteiger partial charge in [-0.05, 0) is 11.8 Å². The van der Waals surface area contributed by atoms with Gasteiger partial charge in [-0.3, -0.25) is 9.69 Å². The van der Waals surface area contributed by atoms with Crippen molar-refractivity contribution in [1.29, 1.82) is 0 Å². The molecule has 1 aliphatic heterocycles. The van der Waals surface area contributed by atoms with E-state index in [1.165, 1.54) is 11.8 Å². The van der Waals surface area contributed by atoms with Crippen LogP contribution in [-0.2, 0) is 4.74 Å². The second-order valence-corrected chi connectivity index (χ2v) is 3.48. The number of thioether (sulfide) groups is 1. The SMILES string of the molecule is C=NNC(=O)SCN1CCOCC1. The molecule has 0 aromatic heterocycles. The Morgan fingerprint density at radius 3 is 2.92 bits per heavy atom. The lowest BCUT2D eigenvalue weighted by molar-refractivity contribution is 0.0474. The lowest BCUT2D eigenvalue weighted by atomic mass is 10.5. The Morgan fingerprint density at radius 2 is 2.31 bits per heavy atom. The van der Waals surface area contributed by atoms with Gasteiger partial charge in [-0.25, -0.2) is 5.43 Å². The quantitative estimate of drug-likeness (QED) is 0.530. The highest BCUT2D eigenvalue weighted by Gasteiger charge is 2.11. The summed E-state index contributed by atoms with van der Waals surface area (Å²) in [5, 5.41) is 3.12. The van der Waals surface area contributed by atoms with E-state index in [9.17, 15) is 4.79 Å². The largest absolute Gasteiger partial charge is 0.379 e. The molecular formula is C7H13N3O2S. The number of hydrogen-bond acceptors (Lipinski definition) is 5. The van der Waals surface area contributed by atoms with Crippen molar-refractivity contribution in [3.05, 3.63) is 0 Å². The molecule has 1 saturated heterocycles. The number of ether oxygens (including phenoxy) is 1. The van der Waals surface area contributed by atoms with Gasteiger partial charge in [-0.2, -0.15) is 5.10 Å². The fourth-order valence-corrected chi connectivity index (χ4v) is 1.66. The second kappa shape index (κ2) is 5.95. The number of nitrogens with zero attached hydrogens (tertiary/aromatic N) is 2. The van der Waals surface area contributed by atoms with Gasteiger partial charge in [0.15, 0.2) is 0 Å². The molecule has 0 aromatic rings. The summed E-state index contributed by atoms with van der Waals surface area (Å²) in [6.07, 6.45) is 0. The predicted molar refractivity (Wildman–Crippen MR) is 52.9 cm³/mol. The molecular weight excluding hydrogens is 190 g/mol. The van der Waals surface area contributed by atoms with E-state index in [0.29, 0.717) is 5.88 Å². The van der Waals surface area contributed by atoms with Crippen molar-refractivity contribution in [2.45, 2.75) is 0 Å². The van der Waals surface area contributed by atoms with Crippen LogP contribution in [0.5, 0.6) is 0 Å². The van der Waals surface area contributed by atoms with Crippen LogP contribution in [0.15, 0.2) is 5.10 Å². The number of carbonyl (C=O) groups is 1. The Balaban J connectivity index is 2.09. The average molecular weight is 203 g/mol. The summed E-state index contributed by atoms with van der Waals surface area (Å²) in [6, 6.07) is 0. The minimum atomic E-state index is -0.165. The summed E-state index contributed by atoms with van der Waals surface area (Å²) in [7, 11) is 0. The average Bonchev–Trinajstić information content (AvgIpc) is 2.17. The first-order chi connectivity index (χ1) is 6.33. The number of morpholine rings is 1. The lowest BCUT2D eigenvalue weighted by Gasteiger charge is -2.25. The Hall–Kier alpha value is -0.590. The Labute approximate surface area is 81.5 Å². The van der Waals surface area contributed by atoms with E-state index in [1.807, 2.05) is 0 Å². The maximum absolute atomic E-state index is 10.9. The first kappa shape index (κ1) is 10.5. The van der Waals surface area contributed by atoms with E-state index in [4.69, 9.17) is 4.74 Å². The molecule has 1 N–H and O–H groups in total. The standard InChI is InChI=1S/C7H13N3O2S/c1-8-9-7(11)13-6-10-2-4-12-5-3-10/h1-6H2,(H,9,11). The topological polar surface area (TPSA) is 53.9 Å². The van der Waals surface area contributed by atoms with Crippen molar-refractivity contribution in [3.8, 4) is 0 Å². The monoisotopic (exact) mass is 203 g/mol. The third-order valence-electron chi connectivity index (χ3n) is 1.65. The first-order valence-corrected chi connectivity index (χ1v) is 5.00. The van der Waals surface area contributed by atoms with Crippen LogP contribution in [0.3, 0.4) is 0 Å². The molecule has 6 heteroatoms. The molecule has 0 radical (unpaired) electrons. The van der Waals surface area contributed by atoms with Gasteiger partial charge in [0.25, 0.3) is 5.24 Å². The maximum atomic E-state index is 10.9. The molecule has 1 heterocycles. The zero-order valence-electron chi connectivity index (χ0n) is 7.36. The molecule has 74 valence electrons. The van der Waals surface area contributed by atoms with Gasteiger partial charge in [-0.1, -0.05) is 0 Å². The number of rotatable bonds is 3. The summed E-state index contributed by atoms with van der Waals surface area (Å²) in [5.41, 5.74) is 2.27. The Morgan fingerprint density at radius 1 is 1.62 bits per heavy atom. The van der Waals surface area contributed by atoms with Gasteiger partial charge < -0.3 is 4.74 Å². The van der Waals surface area contributed by atoms with Crippen LogP contribution in [-0.4, -0.2) is 49.0 Å². The predicted octanol–water partition coefficient (Wildman–Crippen LogP) is 0.335. The smallest absolute Gasteiger partial charge is 0.300 e. The fourth-order valence-electron chi connectivity index (χ4n) is 0.977. The van der Waals surface area contributed by atoms with Crippen LogP contribution < -0.4 is 5.43 Å². The molecule has 13 heavy (non-hydrogen) atoms. The summed E-state index contributed by atoms with van der Waals surface area (Å²) < 4.78 is 5.17. The van der Waals surface area contributed by atoms with Gasteiger partial charge in [0, 0.05) is 19.8 Å². The first-order valence-electron chi connectivity index (χ1n) is 4.01. The van der Waals surface area contributed by atoms with Crippen LogP contribution in [0.2, 0.25) is 0 Å². The van der Waals surface area contributed by atoms with Crippen LogP contribution >= 0.6 is 11.8 Å². The summed E-state index contributed by atoms with van der Waals surface area (Å²) in [4.78, 5) is 13.1. The van der Waals surface area contributed by atoms with Crippen LogP contribution in [0.25, 0.3) is 0 Å². The molecule has 1 aliphatic rings. The van der Waals surface area contributed by atoms with Crippen molar-refractivity contribution in [2.24, 2.45) is 5.10 Å². The highest BCUT2D eigenvalue weighted by molar-refractivity contribution is 8.13. The van der Waals surface area contributed by atoms with E-state index >= 15 is 0 Å². The zero-order valence-corrected chi connectivity index (χ0v) is 8.18. The molecule has 1 rings (SSSR count). The zero-order chi connectivity index (χ0) is 9.52. The molecule has 0 spiro atoms. The molecule has 0 unspecified atom stereocenters. The Bertz CT molecular complexity index is 183. The molecule has 0 saturated carbocycles. The number of hydrazone groups is 1. The van der Waals surface area contributed by atoms with Crippen molar-refractivity contribution in [3.63, 3.8) is 0 Å². The minimum Gasteiger partial charge on any atom is -0.379 e. The van der Waals surface area contributed by atoms with Crippen LogP contribution in [0.1, 0.15) is 0 Å². The van der Waals surface area contributed by atoms with Gasteiger partial charge in [0.05, 0.1) is 19.1 Å². The molecule has 0 aliphatic carbocycles. The third kappa shape index (κ3) is 4.25. The summed E-state index contributed by atoms with van der Waals surface area (Å²) in [6.45, 7) is 6.45. The molecule has 0 atom stereocenters. The highest BCUT2D eigenvalue weighted by atomic mass is 32.2. The van der Waals surface area contributed by atoms with Crippen LogP contribution in [0, 0.1) is 0 Å². The van der Waals surface area contributed by atoms with Gasteiger partial charge >= 0.3 is 0 Å². The summed E-state index contributed by atoms with van der Waals surface area (Å²) >= 11 is 1.19.